The summed E-state index contributed by atoms with van der Waals surface area (Å²) in [5, 5.41) is 1.77. The Bertz CT molecular complexity index is 747. The molecule has 2 heterocycles. The number of thioether (sulfide) groups is 2. The van der Waals surface area contributed by atoms with Gasteiger partial charge in [0, 0.05) is 22.5 Å². The highest BCUT2D eigenvalue weighted by Gasteiger charge is 2.31. The second-order valence-corrected chi connectivity index (χ2v) is 7.94. The third-order valence-corrected chi connectivity index (χ3v) is 5.83. The van der Waals surface area contributed by atoms with Gasteiger partial charge in [-0.15, -0.1) is 11.8 Å². The fourth-order valence-electron chi connectivity index (χ4n) is 2.51. The summed E-state index contributed by atoms with van der Waals surface area (Å²) in [5.74, 6) is 0.793. The Labute approximate surface area is 149 Å². The van der Waals surface area contributed by atoms with E-state index in [1.165, 1.54) is 10.5 Å². The maximum absolute atomic E-state index is 11.6. The van der Waals surface area contributed by atoms with E-state index in [4.69, 9.17) is 0 Å². The number of carbonyl (C=O) groups excluding carboxylic acids is 2. The van der Waals surface area contributed by atoms with Gasteiger partial charge in [0.25, 0.3) is 5.24 Å². The third kappa shape index (κ3) is 4.39. The van der Waals surface area contributed by atoms with Crippen molar-refractivity contribution in [3.63, 3.8) is 0 Å². The topological polar surface area (TPSA) is 59.1 Å². The van der Waals surface area contributed by atoms with Gasteiger partial charge in [-0.1, -0.05) is 30.0 Å². The third-order valence-electron chi connectivity index (χ3n) is 3.84. The van der Waals surface area contributed by atoms with Crippen LogP contribution in [-0.2, 0) is 17.6 Å². The predicted molar refractivity (Wildman–Crippen MR) is 98.5 cm³/mol. The van der Waals surface area contributed by atoms with Crippen LogP contribution in [0, 0.1) is 6.92 Å². The number of amides is 2. The Morgan fingerprint density at radius 1 is 1.21 bits per heavy atom. The quantitative estimate of drug-likeness (QED) is 0.799. The summed E-state index contributed by atoms with van der Waals surface area (Å²) in [7, 11) is 0. The number of rotatable bonds is 6. The Hall–Kier alpha value is -1.79. The van der Waals surface area contributed by atoms with Gasteiger partial charge in [-0.2, -0.15) is 0 Å². The largest absolute Gasteiger partial charge is 0.286 e. The maximum Gasteiger partial charge on any atom is 0.286 e. The van der Waals surface area contributed by atoms with Crippen LogP contribution in [0.15, 0.2) is 47.5 Å². The first-order valence-corrected chi connectivity index (χ1v) is 9.62. The highest BCUT2D eigenvalue weighted by atomic mass is 32.2. The van der Waals surface area contributed by atoms with E-state index in [1.54, 1.807) is 11.8 Å². The van der Waals surface area contributed by atoms with Crippen molar-refractivity contribution in [3.8, 4) is 0 Å². The van der Waals surface area contributed by atoms with Crippen LogP contribution in [0.3, 0.4) is 0 Å². The van der Waals surface area contributed by atoms with Gasteiger partial charge in [0.05, 0.1) is 5.25 Å². The molecule has 0 saturated carbocycles. The summed E-state index contributed by atoms with van der Waals surface area (Å²) in [5.41, 5.74) is 3.45. The van der Waals surface area contributed by atoms with Crippen molar-refractivity contribution in [1.29, 1.82) is 0 Å². The van der Waals surface area contributed by atoms with Gasteiger partial charge in [-0.3, -0.25) is 19.9 Å². The lowest BCUT2D eigenvalue weighted by Gasteiger charge is -2.07. The molecule has 0 radical (unpaired) electrons. The van der Waals surface area contributed by atoms with E-state index >= 15 is 0 Å². The first kappa shape index (κ1) is 17.0. The van der Waals surface area contributed by atoms with Crippen LogP contribution in [-0.4, -0.2) is 27.1 Å². The summed E-state index contributed by atoms with van der Waals surface area (Å²) in [4.78, 5) is 28.4. The zero-order valence-electron chi connectivity index (χ0n) is 13.3. The molecule has 1 aromatic heterocycles. The highest BCUT2D eigenvalue weighted by Crippen LogP contribution is 2.25. The van der Waals surface area contributed by atoms with Crippen molar-refractivity contribution in [2.45, 2.75) is 29.9 Å². The number of aromatic nitrogens is 1. The maximum atomic E-state index is 11.6. The molecule has 1 aliphatic rings. The molecule has 2 amide bonds. The molecule has 1 aliphatic heterocycles. The Balaban J connectivity index is 1.50. The number of imide groups is 1. The van der Waals surface area contributed by atoms with Gasteiger partial charge in [0.15, 0.2) is 0 Å². The monoisotopic (exact) mass is 358 g/mol. The van der Waals surface area contributed by atoms with Gasteiger partial charge in [-0.25, -0.2) is 0 Å². The standard InChI is InChI=1S/C18H18N2O2S2/c1-12-3-2-9-19-15(12)8-10-23-14-6-4-13(5-7-14)11-16-17(21)20-18(22)24-16/h2-7,9,16H,8,10-11H2,1H3,(H,20,21,22). The van der Waals surface area contributed by atoms with E-state index in [-0.39, 0.29) is 16.4 Å². The average molecular weight is 358 g/mol. The van der Waals surface area contributed by atoms with Gasteiger partial charge in [0.1, 0.15) is 0 Å². The minimum absolute atomic E-state index is 0.186. The molecule has 0 bridgehead atoms. The molecular weight excluding hydrogens is 340 g/mol. The van der Waals surface area contributed by atoms with E-state index in [0.29, 0.717) is 6.42 Å². The molecule has 3 rings (SSSR count). The normalized spacial score (nSPS) is 17.1. The number of nitrogens with one attached hydrogen (secondary N) is 1. The van der Waals surface area contributed by atoms with Crippen molar-refractivity contribution in [2.24, 2.45) is 0 Å². The minimum Gasteiger partial charge on any atom is -0.286 e. The number of benzene rings is 1. The summed E-state index contributed by atoms with van der Waals surface area (Å²) in [6.07, 6.45) is 3.37. The van der Waals surface area contributed by atoms with Crippen molar-refractivity contribution < 1.29 is 9.59 Å². The summed E-state index contributed by atoms with van der Waals surface area (Å²) in [6.45, 7) is 2.09. The van der Waals surface area contributed by atoms with E-state index in [1.807, 2.05) is 24.4 Å². The molecule has 24 heavy (non-hydrogen) atoms. The summed E-state index contributed by atoms with van der Waals surface area (Å²) < 4.78 is 0. The van der Waals surface area contributed by atoms with E-state index in [0.717, 1.165) is 35.2 Å². The summed E-state index contributed by atoms with van der Waals surface area (Å²) in [6, 6.07) is 12.3. The predicted octanol–water partition coefficient (Wildman–Crippen LogP) is 3.62. The molecule has 1 N–H and O–H groups in total. The van der Waals surface area contributed by atoms with Gasteiger partial charge in [-0.05, 0) is 49.1 Å². The highest BCUT2D eigenvalue weighted by molar-refractivity contribution is 8.15. The molecule has 0 aliphatic carbocycles. The molecule has 1 saturated heterocycles. The number of nitrogens with zero attached hydrogens (tertiary/aromatic N) is 1. The molecule has 124 valence electrons. The van der Waals surface area contributed by atoms with Gasteiger partial charge >= 0.3 is 0 Å². The van der Waals surface area contributed by atoms with Crippen molar-refractivity contribution in [1.82, 2.24) is 10.3 Å². The Morgan fingerprint density at radius 3 is 2.67 bits per heavy atom. The second-order valence-electron chi connectivity index (χ2n) is 5.60. The molecule has 2 aromatic rings. The number of pyridine rings is 1. The fraction of sp³-hybridized carbons (Fsp3) is 0.278. The van der Waals surface area contributed by atoms with E-state index in [9.17, 15) is 9.59 Å². The van der Waals surface area contributed by atoms with Crippen LogP contribution >= 0.6 is 23.5 Å². The smallest absolute Gasteiger partial charge is 0.286 e. The van der Waals surface area contributed by atoms with E-state index in [2.05, 4.69) is 35.4 Å². The minimum atomic E-state index is -0.303. The Morgan fingerprint density at radius 2 is 2.00 bits per heavy atom. The molecular formula is C18H18N2O2S2. The van der Waals surface area contributed by atoms with E-state index < -0.39 is 0 Å². The zero-order valence-corrected chi connectivity index (χ0v) is 15.0. The van der Waals surface area contributed by atoms with Crippen LogP contribution in [0.1, 0.15) is 16.8 Å². The SMILES string of the molecule is Cc1cccnc1CCSc1ccc(CC2SC(=O)NC2=O)cc1. The molecule has 1 unspecified atom stereocenters. The van der Waals surface area contributed by atoms with Gasteiger partial charge in [0.2, 0.25) is 5.91 Å². The summed E-state index contributed by atoms with van der Waals surface area (Å²) >= 11 is 2.87. The molecule has 6 heteroatoms. The molecule has 4 nitrogen and oxygen atoms in total. The molecule has 1 atom stereocenters. The van der Waals surface area contributed by atoms with Crippen molar-refractivity contribution in [2.75, 3.05) is 5.75 Å². The number of aryl methyl sites for hydroxylation is 2. The van der Waals surface area contributed by atoms with Crippen LogP contribution in [0.4, 0.5) is 4.79 Å². The van der Waals surface area contributed by atoms with Crippen LogP contribution in [0.5, 0.6) is 0 Å². The number of carbonyl (C=O) groups is 2. The Kier molecular flexibility index (Phi) is 5.58. The first-order chi connectivity index (χ1) is 11.6. The van der Waals surface area contributed by atoms with Crippen molar-refractivity contribution in [3.05, 3.63) is 59.4 Å². The van der Waals surface area contributed by atoms with Gasteiger partial charge < -0.3 is 0 Å². The average Bonchev–Trinajstić information content (AvgIpc) is 2.88. The molecule has 1 aromatic carbocycles. The molecule has 0 spiro atoms. The lowest BCUT2D eigenvalue weighted by Crippen LogP contribution is -2.25. The van der Waals surface area contributed by atoms with Crippen LogP contribution in [0.25, 0.3) is 0 Å². The lowest BCUT2D eigenvalue weighted by molar-refractivity contribution is -0.118. The number of hydrogen-bond donors (Lipinski definition) is 1. The van der Waals surface area contributed by atoms with Crippen molar-refractivity contribution >= 4 is 34.7 Å². The lowest BCUT2D eigenvalue weighted by atomic mass is 10.1. The second kappa shape index (κ2) is 7.85. The first-order valence-electron chi connectivity index (χ1n) is 7.75. The molecule has 1 fully saturated rings. The van der Waals surface area contributed by atoms with Crippen LogP contribution in [0.2, 0.25) is 0 Å². The zero-order chi connectivity index (χ0) is 16.9. The van der Waals surface area contributed by atoms with Crippen LogP contribution < -0.4 is 5.32 Å². The fourth-order valence-corrected chi connectivity index (χ4v) is 4.23. The number of hydrogen-bond acceptors (Lipinski definition) is 5.